The first-order valence-electron chi connectivity index (χ1n) is 9.64. The number of hydrazine groups is 1. The van der Waals surface area contributed by atoms with E-state index in [1.165, 1.54) is 16.7 Å². The normalized spacial score (nSPS) is 13.3. The summed E-state index contributed by atoms with van der Waals surface area (Å²) in [5.74, 6) is 5.79. The molecule has 0 aliphatic carbocycles. The molecule has 0 radical (unpaired) electrons. The number of hydrogen-bond donors (Lipinski definition) is 3. The van der Waals surface area contributed by atoms with Crippen molar-refractivity contribution in [2.45, 2.75) is 44.6 Å². The number of benzene rings is 2. The lowest BCUT2D eigenvalue weighted by Crippen LogP contribution is -2.27. The summed E-state index contributed by atoms with van der Waals surface area (Å²) in [6.07, 6.45) is 8.19. The molecule has 0 bridgehead atoms. The Morgan fingerprint density at radius 2 is 1.65 bits per heavy atom. The van der Waals surface area contributed by atoms with Crippen LogP contribution in [-0.2, 0) is 19.3 Å². The van der Waals surface area contributed by atoms with Crippen LogP contribution in [0.25, 0.3) is 0 Å². The average molecular weight is 352 g/mol. The van der Waals surface area contributed by atoms with E-state index in [4.69, 9.17) is 11.6 Å². The molecule has 2 aromatic rings. The van der Waals surface area contributed by atoms with Gasteiger partial charge in [0.05, 0.1) is 0 Å². The zero-order chi connectivity index (χ0) is 18.6. The Hall–Kier alpha value is -1.94. The van der Waals surface area contributed by atoms with Gasteiger partial charge in [-0.1, -0.05) is 60.7 Å². The zero-order valence-electron chi connectivity index (χ0n) is 15.7. The Morgan fingerprint density at radius 1 is 0.962 bits per heavy atom. The van der Waals surface area contributed by atoms with Crippen molar-refractivity contribution in [3.63, 3.8) is 0 Å². The number of rotatable bonds is 12. The molecule has 0 spiro atoms. The van der Waals surface area contributed by atoms with Gasteiger partial charge in [-0.05, 0) is 61.1 Å². The predicted octanol–water partition coefficient (Wildman–Crippen LogP) is 3.78. The molecular weight excluding hydrogens is 318 g/mol. The summed E-state index contributed by atoms with van der Waals surface area (Å²) in [7, 11) is 0. The standard InChI is InChI=1S/C23H33N3/c1-2-19(12-7-15-26-25)17-23(24)18-22-11-6-10-21(16-22)14-13-20-8-4-3-5-9-20/h2-6,8-11,16,19,23,26H,1,7,12-15,17-18,24-25H2. The van der Waals surface area contributed by atoms with Crippen LogP contribution >= 0.6 is 0 Å². The lowest BCUT2D eigenvalue weighted by atomic mass is 9.91. The minimum absolute atomic E-state index is 0.160. The molecule has 0 fully saturated rings. The summed E-state index contributed by atoms with van der Waals surface area (Å²) in [5, 5.41) is 0. The highest BCUT2D eigenvalue weighted by Gasteiger charge is 2.11. The Bertz CT molecular complexity index is 639. The molecule has 0 heterocycles. The minimum atomic E-state index is 0.160. The fourth-order valence-electron chi connectivity index (χ4n) is 3.42. The number of nitrogens with two attached hydrogens (primary N) is 2. The summed E-state index contributed by atoms with van der Waals surface area (Å²) in [6.45, 7) is 4.80. The highest BCUT2D eigenvalue weighted by atomic mass is 15.2. The van der Waals surface area contributed by atoms with E-state index in [9.17, 15) is 0 Å². The summed E-state index contributed by atoms with van der Waals surface area (Å²) >= 11 is 0. The maximum absolute atomic E-state index is 6.41. The van der Waals surface area contributed by atoms with Crippen molar-refractivity contribution >= 4 is 0 Å². The van der Waals surface area contributed by atoms with Crippen LogP contribution in [0.3, 0.4) is 0 Å². The van der Waals surface area contributed by atoms with Gasteiger partial charge in [-0.15, -0.1) is 6.58 Å². The Kier molecular flexibility index (Phi) is 9.11. The Morgan fingerprint density at radius 3 is 2.38 bits per heavy atom. The van der Waals surface area contributed by atoms with Crippen molar-refractivity contribution in [1.29, 1.82) is 0 Å². The largest absolute Gasteiger partial charge is 0.327 e. The minimum Gasteiger partial charge on any atom is -0.327 e. The molecule has 0 amide bonds. The average Bonchev–Trinajstić information content (AvgIpc) is 2.67. The summed E-state index contributed by atoms with van der Waals surface area (Å²) in [6, 6.07) is 19.7. The van der Waals surface area contributed by atoms with Gasteiger partial charge in [-0.2, -0.15) is 0 Å². The van der Waals surface area contributed by atoms with Gasteiger partial charge in [-0.3, -0.25) is 11.3 Å². The first kappa shape index (κ1) is 20.4. The lowest BCUT2D eigenvalue weighted by molar-refractivity contribution is 0.456. The van der Waals surface area contributed by atoms with Crippen molar-refractivity contribution in [1.82, 2.24) is 5.43 Å². The molecule has 140 valence electrons. The molecule has 3 nitrogen and oxygen atoms in total. The van der Waals surface area contributed by atoms with Crippen LogP contribution in [0.4, 0.5) is 0 Å². The predicted molar refractivity (Wildman–Crippen MR) is 112 cm³/mol. The molecule has 2 rings (SSSR count). The van der Waals surface area contributed by atoms with Gasteiger partial charge >= 0.3 is 0 Å². The Balaban J connectivity index is 1.83. The van der Waals surface area contributed by atoms with Crippen molar-refractivity contribution in [3.8, 4) is 0 Å². The summed E-state index contributed by atoms with van der Waals surface area (Å²) < 4.78 is 0. The smallest absolute Gasteiger partial charge is 0.00976 e. The summed E-state index contributed by atoms with van der Waals surface area (Å²) in [4.78, 5) is 0. The third kappa shape index (κ3) is 7.52. The van der Waals surface area contributed by atoms with Crippen LogP contribution in [-0.4, -0.2) is 12.6 Å². The molecule has 0 saturated carbocycles. The number of allylic oxidation sites excluding steroid dienone is 1. The van der Waals surface area contributed by atoms with E-state index in [-0.39, 0.29) is 6.04 Å². The first-order valence-corrected chi connectivity index (χ1v) is 9.64. The van der Waals surface area contributed by atoms with Gasteiger partial charge in [0.2, 0.25) is 0 Å². The number of nitrogens with one attached hydrogen (secondary N) is 1. The van der Waals surface area contributed by atoms with Crippen molar-refractivity contribution < 1.29 is 0 Å². The third-order valence-electron chi connectivity index (χ3n) is 4.87. The van der Waals surface area contributed by atoms with E-state index in [1.54, 1.807) is 0 Å². The molecular formula is C23H33N3. The SMILES string of the molecule is C=CC(CCCNN)CC(N)Cc1cccc(CCc2ccccc2)c1. The molecule has 0 aliphatic rings. The van der Waals surface area contributed by atoms with Crippen LogP contribution in [0.2, 0.25) is 0 Å². The fraction of sp³-hybridized carbons (Fsp3) is 0.391. The molecule has 26 heavy (non-hydrogen) atoms. The van der Waals surface area contributed by atoms with Gasteiger partial charge in [0, 0.05) is 12.6 Å². The van der Waals surface area contributed by atoms with Gasteiger partial charge in [0.25, 0.3) is 0 Å². The maximum Gasteiger partial charge on any atom is 0.00976 e. The van der Waals surface area contributed by atoms with Crippen LogP contribution in [0.5, 0.6) is 0 Å². The van der Waals surface area contributed by atoms with Crippen molar-refractivity contribution in [3.05, 3.63) is 83.9 Å². The molecule has 2 atom stereocenters. The van der Waals surface area contributed by atoms with Gasteiger partial charge in [0.1, 0.15) is 0 Å². The second kappa shape index (κ2) is 11.6. The molecule has 5 N–H and O–H groups in total. The van der Waals surface area contributed by atoms with Gasteiger partial charge in [0.15, 0.2) is 0 Å². The van der Waals surface area contributed by atoms with E-state index in [0.717, 1.165) is 45.1 Å². The highest BCUT2D eigenvalue weighted by Crippen LogP contribution is 2.17. The fourth-order valence-corrected chi connectivity index (χ4v) is 3.42. The lowest BCUT2D eigenvalue weighted by Gasteiger charge is -2.18. The second-order valence-corrected chi connectivity index (χ2v) is 7.10. The van der Waals surface area contributed by atoms with Gasteiger partial charge in [-0.25, -0.2) is 0 Å². The van der Waals surface area contributed by atoms with E-state index in [1.807, 2.05) is 6.08 Å². The second-order valence-electron chi connectivity index (χ2n) is 7.10. The number of hydrogen-bond acceptors (Lipinski definition) is 3. The van der Waals surface area contributed by atoms with Crippen molar-refractivity contribution in [2.75, 3.05) is 6.54 Å². The molecule has 0 saturated heterocycles. The maximum atomic E-state index is 6.41. The zero-order valence-corrected chi connectivity index (χ0v) is 15.7. The highest BCUT2D eigenvalue weighted by molar-refractivity contribution is 5.26. The topological polar surface area (TPSA) is 64.1 Å². The summed E-state index contributed by atoms with van der Waals surface area (Å²) in [5.41, 5.74) is 13.2. The monoisotopic (exact) mass is 351 g/mol. The van der Waals surface area contributed by atoms with Crippen LogP contribution < -0.4 is 17.0 Å². The van der Waals surface area contributed by atoms with Crippen molar-refractivity contribution in [2.24, 2.45) is 17.5 Å². The van der Waals surface area contributed by atoms with Crippen LogP contribution in [0.15, 0.2) is 67.3 Å². The quantitative estimate of drug-likeness (QED) is 0.236. The van der Waals surface area contributed by atoms with Crippen LogP contribution in [0.1, 0.15) is 36.0 Å². The molecule has 0 aromatic heterocycles. The molecule has 0 aliphatic heterocycles. The molecule has 3 heteroatoms. The molecule has 2 unspecified atom stereocenters. The number of aryl methyl sites for hydroxylation is 2. The van der Waals surface area contributed by atoms with E-state index in [0.29, 0.717) is 5.92 Å². The Labute approximate surface area is 158 Å². The van der Waals surface area contributed by atoms with E-state index < -0.39 is 0 Å². The van der Waals surface area contributed by atoms with E-state index in [2.05, 4.69) is 66.6 Å². The molecule has 2 aromatic carbocycles. The van der Waals surface area contributed by atoms with Crippen LogP contribution in [0, 0.1) is 5.92 Å². The third-order valence-corrected chi connectivity index (χ3v) is 4.87. The van der Waals surface area contributed by atoms with Gasteiger partial charge < -0.3 is 5.73 Å². The first-order chi connectivity index (χ1) is 12.7. The van der Waals surface area contributed by atoms with E-state index >= 15 is 0 Å².